The van der Waals surface area contributed by atoms with Gasteiger partial charge in [0.2, 0.25) is 17.7 Å². The van der Waals surface area contributed by atoms with E-state index in [0.29, 0.717) is 17.5 Å². The van der Waals surface area contributed by atoms with Gasteiger partial charge in [0.05, 0.1) is 11.6 Å². The number of nitriles is 1. The van der Waals surface area contributed by atoms with E-state index >= 15 is 0 Å². The standard InChI is InChI=1S/C15H13N3O3/c16-9-11-3-1-2-10(8-11)4-6-13(19)17-12-5-7-14(20)18-15(12)21/h1-4,6,8,12H,5,7H2,(H,17,19)(H,18,20,21). The summed E-state index contributed by atoms with van der Waals surface area (Å²) in [7, 11) is 0. The molecule has 0 aromatic heterocycles. The Labute approximate surface area is 121 Å². The first kappa shape index (κ1) is 14.5. The molecule has 106 valence electrons. The molecular weight excluding hydrogens is 270 g/mol. The SMILES string of the molecule is N#Cc1cccc(C=CC(=O)NC2CCC(=O)NC2=O)c1. The molecule has 3 amide bonds. The minimum atomic E-state index is -0.690. The lowest BCUT2D eigenvalue weighted by Gasteiger charge is -2.20. The molecule has 0 radical (unpaired) electrons. The third kappa shape index (κ3) is 4.01. The summed E-state index contributed by atoms with van der Waals surface area (Å²) in [5.41, 5.74) is 1.22. The zero-order chi connectivity index (χ0) is 15.2. The monoisotopic (exact) mass is 283 g/mol. The van der Waals surface area contributed by atoms with Crippen molar-refractivity contribution in [3.63, 3.8) is 0 Å². The summed E-state index contributed by atoms with van der Waals surface area (Å²) in [6.45, 7) is 0. The van der Waals surface area contributed by atoms with Crippen LogP contribution in [-0.2, 0) is 14.4 Å². The Balaban J connectivity index is 1.95. The van der Waals surface area contributed by atoms with Gasteiger partial charge in [0.1, 0.15) is 6.04 Å². The first-order chi connectivity index (χ1) is 10.1. The summed E-state index contributed by atoms with van der Waals surface area (Å²) in [5.74, 6) is -1.24. The molecular formula is C15H13N3O3. The van der Waals surface area contributed by atoms with Crippen molar-refractivity contribution in [2.24, 2.45) is 0 Å². The fourth-order valence-electron chi connectivity index (χ4n) is 1.93. The Morgan fingerprint density at radius 1 is 1.43 bits per heavy atom. The van der Waals surface area contributed by atoms with Crippen LogP contribution in [0.3, 0.4) is 0 Å². The number of carbonyl (C=O) groups is 3. The van der Waals surface area contributed by atoms with E-state index in [2.05, 4.69) is 10.6 Å². The third-order valence-corrected chi connectivity index (χ3v) is 3.00. The fourth-order valence-corrected chi connectivity index (χ4v) is 1.93. The Hall–Kier alpha value is -2.94. The van der Waals surface area contributed by atoms with Gasteiger partial charge in [0.25, 0.3) is 0 Å². The largest absolute Gasteiger partial charge is 0.341 e. The van der Waals surface area contributed by atoms with Crippen LogP contribution in [0.15, 0.2) is 30.3 Å². The predicted molar refractivity (Wildman–Crippen MR) is 74.5 cm³/mol. The van der Waals surface area contributed by atoms with Crippen LogP contribution in [-0.4, -0.2) is 23.8 Å². The van der Waals surface area contributed by atoms with Crippen molar-refractivity contribution in [1.29, 1.82) is 5.26 Å². The van der Waals surface area contributed by atoms with Gasteiger partial charge in [-0.25, -0.2) is 0 Å². The molecule has 2 N–H and O–H groups in total. The zero-order valence-electron chi connectivity index (χ0n) is 11.1. The van der Waals surface area contributed by atoms with Crippen LogP contribution in [0.5, 0.6) is 0 Å². The quantitative estimate of drug-likeness (QED) is 0.623. The second-order valence-electron chi connectivity index (χ2n) is 4.58. The van der Waals surface area contributed by atoms with E-state index in [1.165, 1.54) is 6.08 Å². The topological polar surface area (TPSA) is 99.1 Å². The van der Waals surface area contributed by atoms with Gasteiger partial charge in [-0.1, -0.05) is 12.1 Å². The molecule has 6 nitrogen and oxygen atoms in total. The summed E-state index contributed by atoms with van der Waals surface area (Å²) in [4.78, 5) is 34.2. The van der Waals surface area contributed by atoms with Crippen LogP contribution >= 0.6 is 0 Å². The molecule has 0 bridgehead atoms. The molecule has 1 aliphatic rings. The summed E-state index contributed by atoms with van der Waals surface area (Å²) in [6.07, 6.45) is 3.36. The molecule has 0 aliphatic carbocycles. The summed E-state index contributed by atoms with van der Waals surface area (Å²) < 4.78 is 0. The smallest absolute Gasteiger partial charge is 0.249 e. The summed E-state index contributed by atoms with van der Waals surface area (Å²) >= 11 is 0. The maximum atomic E-state index is 11.7. The number of rotatable bonds is 3. The minimum absolute atomic E-state index is 0.213. The molecule has 0 saturated carbocycles. The highest BCUT2D eigenvalue weighted by molar-refractivity contribution is 6.03. The van der Waals surface area contributed by atoms with Crippen molar-refractivity contribution in [3.8, 4) is 6.07 Å². The van der Waals surface area contributed by atoms with Crippen LogP contribution in [0.25, 0.3) is 6.08 Å². The van der Waals surface area contributed by atoms with Gasteiger partial charge in [-0.05, 0) is 30.2 Å². The number of benzene rings is 1. The molecule has 1 aliphatic heterocycles. The first-order valence-electron chi connectivity index (χ1n) is 6.41. The first-order valence-corrected chi connectivity index (χ1v) is 6.41. The Morgan fingerprint density at radius 3 is 2.95 bits per heavy atom. The summed E-state index contributed by atoms with van der Waals surface area (Å²) in [6, 6.07) is 8.12. The van der Waals surface area contributed by atoms with E-state index < -0.39 is 17.9 Å². The van der Waals surface area contributed by atoms with Crippen molar-refractivity contribution in [1.82, 2.24) is 10.6 Å². The molecule has 1 fully saturated rings. The number of piperidine rings is 1. The normalized spacial score (nSPS) is 18.1. The van der Waals surface area contributed by atoms with Gasteiger partial charge in [0.15, 0.2) is 0 Å². The number of carbonyl (C=O) groups excluding carboxylic acids is 3. The van der Waals surface area contributed by atoms with Crippen LogP contribution in [0, 0.1) is 11.3 Å². The Bertz CT molecular complexity index is 658. The average molecular weight is 283 g/mol. The molecule has 1 atom stereocenters. The molecule has 1 saturated heterocycles. The second-order valence-corrected chi connectivity index (χ2v) is 4.58. The molecule has 21 heavy (non-hydrogen) atoms. The molecule has 1 aromatic rings. The highest BCUT2D eigenvalue weighted by Crippen LogP contribution is 2.07. The molecule has 1 unspecified atom stereocenters. The van der Waals surface area contributed by atoms with Crippen molar-refractivity contribution in [3.05, 3.63) is 41.5 Å². The minimum Gasteiger partial charge on any atom is -0.341 e. The van der Waals surface area contributed by atoms with Crippen LogP contribution in [0.2, 0.25) is 0 Å². The van der Waals surface area contributed by atoms with Crippen molar-refractivity contribution in [2.45, 2.75) is 18.9 Å². The van der Waals surface area contributed by atoms with E-state index in [1.54, 1.807) is 30.3 Å². The van der Waals surface area contributed by atoms with Crippen LogP contribution < -0.4 is 10.6 Å². The highest BCUT2D eigenvalue weighted by Gasteiger charge is 2.27. The van der Waals surface area contributed by atoms with Gasteiger partial charge in [-0.3, -0.25) is 19.7 Å². The van der Waals surface area contributed by atoms with Gasteiger partial charge in [0, 0.05) is 12.5 Å². The number of hydrogen-bond acceptors (Lipinski definition) is 4. The maximum absolute atomic E-state index is 11.7. The molecule has 0 spiro atoms. The number of nitrogens with zero attached hydrogens (tertiary/aromatic N) is 1. The predicted octanol–water partition coefficient (Wildman–Crippen LogP) is 0.493. The highest BCUT2D eigenvalue weighted by atomic mass is 16.2. The Morgan fingerprint density at radius 2 is 2.24 bits per heavy atom. The second kappa shape index (κ2) is 6.48. The molecule has 2 rings (SSSR count). The number of nitrogens with one attached hydrogen (secondary N) is 2. The van der Waals surface area contributed by atoms with Crippen molar-refractivity contribution in [2.75, 3.05) is 0 Å². The van der Waals surface area contributed by atoms with E-state index in [9.17, 15) is 14.4 Å². The van der Waals surface area contributed by atoms with E-state index in [4.69, 9.17) is 5.26 Å². The molecule has 1 heterocycles. The van der Waals surface area contributed by atoms with Gasteiger partial charge in [-0.2, -0.15) is 5.26 Å². The molecule has 1 aromatic carbocycles. The van der Waals surface area contributed by atoms with Crippen molar-refractivity contribution >= 4 is 23.8 Å². The lowest BCUT2D eigenvalue weighted by atomic mass is 10.1. The lowest BCUT2D eigenvalue weighted by Crippen LogP contribution is -2.51. The lowest BCUT2D eigenvalue weighted by molar-refractivity contribution is -0.136. The van der Waals surface area contributed by atoms with Crippen LogP contribution in [0.4, 0.5) is 0 Å². The zero-order valence-corrected chi connectivity index (χ0v) is 11.1. The van der Waals surface area contributed by atoms with Gasteiger partial charge < -0.3 is 5.32 Å². The third-order valence-electron chi connectivity index (χ3n) is 3.00. The average Bonchev–Trinajstić information content (AvgIpc) is 2.48. The fraction of sp³-hybridized carbons (Fsp3) is 0.200. The van der Waals surface area contributed by atoms with E-state index in [-0.39, 0.29) is 12.3 Å². The Kier molecular flexibility index (Phi) is 4.46. The van der Waals surface area contributed by atoms with Gasteiger partial charge >= 0.3 is 0 Å². The number of hydrogen-bond donors (Lipinski definition) is 2. The van der Waals surface area contributed by atoms with E-state index in [0.717, 1.165) is 0 Å². The van der Waals surface area contributed by atoms with Gasteiger partial charge in [-0.15, -0.1) is 0 Å². The number of amides is 3. The maximum Gasteiger partial charge on any atom is 0.249 e. The number of imide groups is 1. The van der Waals surface area contributed by atoms with Crippen molar-refractivity contribution < 1.29 is 14.4 Å². The molecule has 6 heteroatoms. The van der Waals surface area contributed by atoms with Crippen LogP contribution in [0.1, 0.15) is 24.0 Å². The van der Waals surface area contributed by atoms with E-state index in [1.807, 2.05) is 6.07 Å². The summed E-state index contributed by atoms with van der Waals surface area (Å²) in [5, 5.41) is 13.5.